The number of fused-ring (bicyclic) bond motifs is 3. The molecule has 0 fully saturated rings. The van der Waals surface area contributed by atoms with Gasteiger partial charge < -0.3 is 19.1 Å². The van der Waals surface area contributed by atoms with Crippen molar-refractivity contribution in [2.24, 2.45) is 0 Å². The molecule has 1 aliphatic rings. The third-order valence-corrected chi connectivity index (χ3v) is 14.1. The fourth-order valence-corrected chi connectivity index (χ4v) is 9.54. The molecule has 0 radical (unpaired) electrons. The zero-order valence-corrected chi connectivity index (χ0v) is 44.2. The van der Waals surface area contributed by atoms with E-state index in [1.807, 2.05) is 12.3 Å². The number of ether oxygens (including phenoxy) is 1. The van der Waals surface area contributed by atoms with Crippen LogP contribution in [0.1, 0.15) is 108 Å². The van der Waals surface area contributed by atoms with E-state index >= 15 is 0 Å². The van der Waals surface area contributed by atoms with Crippen molar-refractivity contribution in [3.63, 3.8) is 0 Å². The quantitative estimate of drug-likeness (QED) is 0.128. The molecule has 10 rings (SSSR count). The minimum absolute atomic E-state index is 0. The van der Waals surface area contributed by atoms with Gasteiger partial charge in [-0.2, -0.15) is 6.07 Å². The van der Waals surface area contributed by atoms with E-state index in [-0.39, 0.29) is 42.7 Å². The van der Waals surface area contributed by atoms with Crippen molar-refractivity contribution < 1.29 is 25.8 Å². The molecule has 7 aromatic carbocycles. The Kier molecular flexibility index (Phi) is 12.8. The van der Waals surface area contributed by atoms with Gasteiger partial charge in [0.25, 0.3) is 0 Å². The molecule has 0 saturated heterocycles. The van der Waals surface area contributed by atoms with Gasteiger partial charge in [0.1, 0.15) is 5.82 Å². The normalized spacial score (nSPS) is 13.4. The first-order chi connectivity index (χ1) is 32.9. The first kappa shape index (κ1) is 48.3. The Labute approximate surface area is 429 Å². The summed E-state index contributed by atoms with van der Waals surface area (Å²) in [6.45, 7) is 25.0. The van der Waals surface area contributed by atoms with Gasteiger partial charge in [-0.1, -0.05) is 190 Å². The summed E-state index contributed by atoms with van der Waals surface area (Å²) >= 11 is 0. The van der Waals surface area contributed by atoms with Gasteiger partial charge in [-0.15, -0.1) is 53.6 Å². The van der Waals surface area contributed by atoms with E-state index in [1.54, 1.807) is 0 Å². The van der Waals surface area contributed by atoms with Gasteiger partial charge in [-0.25, -0.2) is 4.98 Å². The summed E-state index contributed by atoms with van der Waals surface area (Å²) in [5.74, 6) is 2.01. The van der Waals surface area contributed by atoms with Crippen molar-refractivity contribution in [2.75, 3.05) is 9.80 Å². The Bertz CT molecular complexity index is 3320. The Balaban J connectivity index is 0.00000608. The second kappa shape index (κ2) is 18.6. The Morgan fingerprint density at radius 3 is 1.71 bits per heavy atom. The van der Waals surface area contributed by atoms with Crippen molar-refractivity contribution in [3.8, 4) is 17.3 Å². The zero-order valence-electron chi connectivity index (χ0n) is 41.9. The van der Waals surface area contributed by atoms with Crippen molar-refractivity contribution in [1.29, 1.82) is 0 Å². The first-order valence-electron chi connectivity index (χ1n) is 24.1. The average Bonchev–Trinajstić information content (AvgIpc) is 3.94. The minimum atomic E-state index is -0.373. The van der Waals surface area contributed by atoms with E-state index in [0.29, 0.717) is 11.5 Å². The number of para-hydroxylation sites is 1. The molecular formula is C64H61N4OPt-3. The fraction of sp³-hybridized carbons (Fsp3) is 0.219. The molecule has 3 heterocycles. The van der Waals surface area contributed by atoms with Crippen LogP contribution in [0.2, 0.25) is 0 Å². The molecule has 2 aromatic heterocycles. The largest absolute Gasteiger partial charge is 0.509 e. The number of hydrogen-bond acceptors (Lipinski definition) is 4. The van der Waals surface area contributed by atoms with Crippen molar-refractivity contribution >= 4 is 38.9 Å². The van der Waals surface area contributed by atoms with Gasteiger partial charge in [0.15, 0.2) is 0 Å². The van der Waals surface area contributed by atoms with Crippen molar-refractivity contribution in [3.05, 3.63) is 240 Å². The first-order valence-corrected chi connectivity index (χ1v) is 24.1. The third kappa shape index (κ3) is 9.25. The predicted octanol–water partition coefficient (Wildman–Crippen LogP) is 16.3. The van der Waals surface area contributed by atoms with Gasteiger partial charge in [0.05, 0.1) is 0 Å². The molecule has 0 N–H and O–H groups in total. The van der Waals surface area contributed by atoms with Crippen molar-refractivity contribution in [1.82, 2.24) is 9.55 Å². The number of pyridine rings is 1. The van der Waals surface area contributed by atoms with Gasteiger partial charge >= 0.3 is 0 Å². The van der Waals surface area contributed by atoms with E-state index in [2.05, 4.69) is 272 Å². The maximum Gasteiger partial charge on any atom is 0.135 e. The van der Waals surface area contributed by atoms with E-state index in [0.717, 1.165) is 55.8 Å². The van der Waals surface area contributed by atoms with Crippen LogP contribution in [0.5, 0.6) is 11.5 Å². The predicted molar refractivity (Wildman–Crippen MR) is 287 cm³/mol. The molecule has 5 nitrogen and oxygen atoms in total. The zero-order chi connectivity index (χ0) is 48.3. The van der Waals surface area contributed by atoms with E-state index in [9.17, 15) is 0 Å². The number of benzene rings is 7. The molecule has 0 bridgehead atoms. The number of nitrogens with zero attached hydrogens (tertiary/aromatic N) is 4. The van der Waals surface area contributed by atoms with Gasteiger partial charge in [-0.05, 0) is 91.5 Å². The van der Waals surface area contributed by atoms with E-state index < -0.39 is 0 Å². The summed E-state index contributed by atoms with van der Waals surface area (Å²) in [7, 11) is 0. The van der Waals surface area contributed by atoms with Gasteiger partial charge in [-0.3, -0.25) is 0 Å². The summed E-state index contributed by atoms with van der Waals surface area (Å²) in [4.78, 5) is 9.52. The summed E-state index contributed by atoms with van der Waals surface area (Å²) in [5, 5.41) is 2.20. The second-order valence-electron chi connectivity index (χ2n) is 21.6. The molecular weight excluding hydrogens is 1040 g/mol. The topological polar surface area (TPSA) is 33.5 Å². The Morgan fingerprint density at radius 1 is 0.500 bits per heavy atom. The standard InChI is InChI=1S/C64H61N4O.Pt/c1-61(2,3)48-34-49(62(4,5)6)36-52(35-48)67-43-66(42-59(67)44-22-14-11-15-23-44)51-37-50(64(9,10)46-26-18-13-19-27-46)38-54(40-51)69-53-30-31-56-55-28-20-21-29-57(55)68(58(56)41-53)60-39-47(32-33-65-60)63(7,8)45-24-16-12-17-25-45;/h11-39,42-43H,1-10H3;/q-3;. The molecule has 0 aliphatic carbocycles. The average molecular weight is 1100 g/mol. The summed E-state index contributed by atoms with van der Waals surface area (Å²) in [6, 6.07) is 68.0. The summed E-state index contributed by atoms with van der Waals surface area (Å²) in [6.07, 6.45) is 4.15. The summed E-state index contributed by atoms with van der Waals surface area (Å²) in [5.41, 5.74) is 12.7. The van der Waals surface area contributed by atoms with Crippen LogP contribution in [0.15, 0.2) is 182 Å². The molecule has 0 atom stereocenters. The SMILES string of the molecule is CC(C)(C)c1cc(N2[CH-]N(c3[c-]c(Oc4[c-]c5c(cc4)c4ccccc4n5-c4cc(C(C)(C)c5ccccc5)ccn4)cc(C(C)(C)c4ccccc4)c3)C=C2c2ccccc2)cc(C(C)(C)C)c1.[Pt]. The maximum atomic E-state index is 6.99. The van der Waals surface area contributed by atoms with Crippen LogP contribution >= 0.6 is 0 Å². The third-order valence-electron chi connectivity index (χ3n) is 14.1. The molecule has 9 aromatic rings. The number of rotatable bonds is 10. The Hall–Kier alpha value is -6.68. The van der Waals surface area contributed by atoms with Gasteiger partial charge in [0, 0.05) is 61.1 Å². The smallest absolute Gasteiger partial charge is 0.135 e. The van der Waals surface area contributed by atoms with Crippen molar-refractivity contribution in [2.45, 2.75) is 90.9 Å². The van der Waals surface area contributed by atoms with Crippen LogP contribution < -0.4 is 14.5 Å². The second-order valence-corrected chi connectivity index (χ2v) is 21.6. The molecule has 0 unspecified atom stereocenters. The van der Waals surface area contributed by atoms with Crippen LogP contribution in [-0.2, 0) is 42.7 Å². The molecule has 1 aliphatic heterocycles. The Morgan fingerprint density at radius 2 is 1.09 bits per heavy atom. The fourth-order valence-electron chi connectivity index (χ4n) is 9.54. The van der Waals surface area contributed by atoms with Crippen LogP contribution in [0.3, 0.4) is 0 Å². The van der Waals surface area contributed by atoms with Crippen LogP contribution in [-0.4, -0.2) is 9.55 Å². The molecule has 356 valence electrons. The minimum Gasteiger partial charge on any atom is -0.509 e. The number of aromatic nitrogens is 2. The maximum absolute atomic E-state index is 6.99. The molecule has 6 heteroatoms. The van der Waals surface area contributed by atoms with Gasteiger partial charge in [0.2, 0.25) is 0 Å². The number of hydrogen-bond donors (Lipinski definition) is 0. The summed E-state index contributed by atoms with van der Waals surface area (Å²) < 4.78 is 9.21. The van der Waals surface area contributed by atoms with Crippen LogP contribution in [0.4, 0.5) is 11.4 Å². The molecule has 0 amide bonds. The molecule has 0 saturated carbocycles. The molecule has 0 spiro atoms. The van der Waals surface area contributed by atoms with E-state index in [4.69, 9.17) is 9.72 Å². The molecule has 70 heavy (non-hydrogen) atoms. The van der Waals surface area contributed by atoms with Crippen LogP contribution in [0.25, 0.3) is 33.3 Å². The monoisotopic (exact) mass is 1100 g/mol. The van der Waals surface area contributed by atoms with Crippen LogP contribution in [0, 0.1) is 18.8 Å². The van der Waals surface area contributed by atoms with E-state index in [1.165, 1.54) is 27.8 Å². The number of anilines is 2.